The first-order valence-corrected chi connectivity index (χ1v) is 8.83. The zero-order chi connectivity index (χ0) is 18.1. The average Bonchev–Trinajstić information content (AvgIpc) is 2.88. The van der Waals surface area contributed by atoms with Crippen LogP contribution in [0.4, 0.5) is 0 Å². The molecular weight excluding hydrogens is 308 g/mol. The molecular formula is C22H26N2O. The molecule has 3 nitrogen and oxygen atoms in total. The topological polar surface area (TPSA) is 34.0 Å². The Morgan fingerprint density at radius 3 is 2.24 bits per heavy atom. The summed E-state index contributed by atoms with van der Waals surface area (Å²) in [6, 6.07) is 16.5. The predicted molar refractivity (Wildman–Crippen MR) is 104 cm³/mol. The summed E-state index contributed by atoms with van der Waals surface area (Å²) in [6.45, 7) is 8.46. The number of amides is 1. The minimum Gasteiger partial charge on any atom is -0.348 e. The lowest BCUT2D eigenvalue weighted by Crippen LogP contribution is -2.26. The summed E-state index contributed by atoms with van der Waals surface area (Å²) < 4.78 is 2.11. The average molecular weight is 334 g/mol. The number of carbonyl (C=O) groups excluding carboxylic acids is 1. The summed E-state index contributed by atoms with van der Waals surface area (Å²) in [6.07, 6.45) is 0. The molecule has 0 unspecified atom stereocenters. The number of aryl methyl sites for hydroxylation is 2. The third-order valence-corrected chi connectivity index (χ3v) is 5.00. The Balaban J connectivity index is 1.78. The molecule has 0 saturated heterocycles. The lowest BCUT2D eigenvalue weighted by atomic mass is 9.99. The van der Waals surface area contributed by atoms with E-state index in [-0.39, 0.29) is 11.9 Å². The third-order valence-electron chi connectivity index (χ3n) is 5.00. The van der Waals surface area contributed by atoms with Crippen molar-refractivity contribution in [2.24, 2.45) is 7.05 Å². The van der Waals surface area contributed by atoms with E-state index in [0.717, 1.165) is 16.5 Å². The number of hydrogen-bond acceptors (Lipinski definition) is 1. The van der Waals surface area contributed by atoms with Crippen LogP contribution in [0.1, 0.15) is 59.9 Å². The third kappa shape index (κ3) is 3.46. The van der Waals surface area contributed by atoms with Gasteiger partial charge in [-0.1, -0.05) is 44.2 Å². The Morgan fingerprint density at radius 2 is 1.60 bits per heavy atom. The van der Waals surface area contributed by atoms with Crippen LogP contribution in [0, 0.1) is 6.92 Å². The monoisotopic (exact) mass is 334 g/mol. The molecule has 0 bridgehead atoms. The van der Waals surface area contributed by atoms with Gasteiger partial charge >= 0.3 is 0 Å². The molecule has 3 heteroatoms. The van der Waals surface area contributed by atoms with Gasteiger partial charge in [-0.3, -0.25) is 4.79 Å². The van der Waals surface area contributed by atoms with E-state index in [1.807, 2.05) is 32.2 Å². The van der Waals surface area contributed by atoms with E-state index in [2.05, 4.69) is 61.0 Å². The van der Waals surface area contributed by atoms with Crippen molar-refractivity contribution >= 4 is 16.8 Å². The van der Waals surface area contributed by atoms with Crippen LogP contribution in [0.5, 0.6) is 0 Å². The fourth-order valence-electron chi connectivity index (χ4n) is 3.14. The summed E-state index contributed by atoms with van der Waals surface area (Å²) in [5.74, 6) is 0.473. The molecule has 1 aromatic heterocycles. The molecule has 3 aromatic rings. The molecule has 130 valence electrons. The van der Waals surface area contributed by atoms with Gasteiger partial charge in [-0.15, -0.1) is 0 Å². The molecule has 0 aliphatic heterocycles. The number of fused-ring (bicyclic) bond motifs is 1. The Kier molecular flexibility index (Phi) is 4.67. The number of nitrogens with one attached hydrogen (secondary N) is 1. The van der Waals surface area contributed by atoms with Gasteiger partial charge in [0.1, 0.15) is 0 Å². The van der Waals surface area contributed by atoms with Crippen LogP contribution in [-0.2, 0) is 7.05 Å². The highest BCUT2D eigenvalue weighted by atomic mass is 16.1. The quantitative estimate of drug-likeness (QED) is 0.707. The van der Waals surface area contributed by atoms with Crippen molar-refractivity contribution in [2.75, 3.05) is 0 Å². The highest BCUT2D eigenvalue weighted by molar-refractivity contribution is 5.98. The fourth-order valence-corrected chi connectivity index (χ4v) is 3.14. The van der Waals surface area contributed by atoms with Crippen molar-refractivity contribution in [1.29, 1.82) is 0 Å². The van der Waals surface area contributed by atoms with Crippen LogP contribution in [0.25, 0.3) is 10.9 Å². The summed E-state index contributed by atoms with van der Waals surface area (Å²) in [5, 5.41) is 4.26. The minimum absolute atomic E-state index is 0.0282. The van der Waals surface area contributed by atoms with E-state index >= 15 is 0 Å². The molecule has 0 aliphatic carbocycles. The number of rotatable bonds is 4. The maximum atomic E-state index is 12.6. The number of aromatic nitrogens is 1. The van der Waals surface area contributed by atoms with Gasteiger partial charge in [0.25, 0.3) is 5.91 Å². The first kappa shape index (κ1) is 17.3. The van der Waals surface area contributed by atoms with Gasteiger partial charge in [-0.2, -0.15) is 0 Å². The van der Waals surface area contributed by atoms with Gasteiger partial charge in [0.15, 0.2) is 0 Å². The van der Waals surface area contributed by atoms with Gasteiger partial charge in [0.2, 0.25) is 0 Å². The summed E-state index contributed by atoms with van der Waals surface area (Å²) >= 11 is 0. The molecule has 1 atom stereocenters. The van der Waals surface area contributed by atoms with E-state index in [9.17, 15) is 4.79 Å². The highest BCUT2D eigenvalue weighted by Gasteiger charge is 2.13. The normalized spacial score (nSPS) is 12.6. The second kappa shape index (κ2) is 6.75. The van der Waals surface area contributed by atoms with Crippen LogP contribution in [-0.4, -0.2) is 10.5 Å². The molecule has 0 aliphatic rings. The molecule has 1 heterocycles. The van der Waals surface area contributed by atoms with E-state index in [0.29, 0.717) is 11.5 Å². The van der Waals surface area contributed by atoms with Crippen molar-refractivity contribution in [2.45, 2.75) is 39.7 Å². The Morgan fingerprint density at radius 1 is 0.960 bits per heavy atom. The maximum absolute atomic E-state index is 12.6. The van der Waals surface area contributed by atoms with Crippen LogP contribution in [0.15, 0.2) is 48.5 Å². The van der Waals surface area contributed by atoms with E-state index in [1.54, 1.807) is 0 Å². The number of nitrogens with zero attached hydrogens (tertiary/aromatic N) is 1. The molecule has 1 amide bonds. The van der Waals surface area contributed by atoms with Crippen LogP contribution in [0.3, 0.4) is 0 Å². The SMILES string of the molecule is Cc1cc2ccc(C(=O)N[C@@H](C)c3ccc(C(C)C)cc3)cc2n1C. The Bertz CT molecular complexity index is 904. The van der Waals surface area contributed by atoms with Gasteiger partial charge in [0.05, 0.1) is 6.04 Å². The summed E-state index contributed by atoms with van der Waals surface area (Å²) in [4.78, 5) is 12.6. The van der Waals surface area contributed by atoms with Crippen molar-refractivity contribution in [3.8, 4) is 0 Å². The molecule has 0 fully saturated rings. The first-order chi connectivity index (χ1) is 11.9. The van der Waals surface area contributed by atoms with Crippen molar-refractivity contribution < 1.29 is 4.79 Å². The Hall–Kier alpha value is -2.55. The van der Waals surface area contributed by atoms with Crippen molar-refractivity contribution in [1.82, 2.24) is 9.88 Å². The van der Waals surface area contributed by atoms with Crippen LogP contribution < -0.4 is 5.32 Å². The van der Waals surface area contributed by atoms with Crippen molar-refractivity contribution in [3.63, 3.8) is 0 Å². The van der Waals surface area contributed by atoms with E-state index in [1.165, 1.54) is 11.3 Å². The van der Waals surface area contributed by atoms with Gasteiger partial charge in [-0.05, 0) is 54.5 Å². The lowest BCUT2D eigenvalue weighted by Gasteiger charge is -2.16. The molecule has 3 rings (SSSR count). The number of hydrogen-bond donors (Lipinski definition) is 1. The van der Waals surface area contributed by atoms with E-state index < -0.39 is 0 Å². The largest absolute Gasteiger partial charge is 0.348 e. The highest BCUT2D eigenvalue weighted by Crippen LogP contribution is 2.21. The predicted octanol–water partition coefficient (Wildman–Crippen LogP) is 5.10. The molecule has 0 saturated carbocycles. The number of carbonyl (C=O) groups is 1. The first-order valence-electron chi connectivity index (χ1n) is 8.83. The number of benzene rings is 2. The smallest absolute Gasteiger partial charge is 0.251 e. The van der Waals surface area contributed by atoms with Gasteiger partial charge in [0, 0.05) is 23.8 Å². The van der Waals surface area contributed by atoms with Gasteiger partial charge < -0.3 is 9.88 Å². The zero-order valence-corrected chi connectivity index (χ0v) is 15.6. The summed E-state index contributed by atoms with van der Waals surface area (Å²) in [5.41, 5.74) is 5.39. The standard InChI is InChI=1S/C22H26N2O/c1-14(2)17-6-8-18(9-7-17)16(4)23-22(25)20-11-10-19-12-15(3)24(5)21(19)13-20/h6-14,16H,1-5H3,(H,23,25)/t16-/m0/s1. The molecule has 0 spiro atoms. The molecule has 0 radical (unpaired) electrons. The molecule has 2 aromatic carbocycles. The van der Waals surface area contributed by atoms with Crippen molar-refractivity contribution in [3.05, 3.63) is 70.9 Å². The Labute approximate surface area is 149 Å². The molecule has 25 heavy (non-hydrogen) atoms. The molecule has 1 N–H and O–H groups in total. The maximum Gasteiger partial charge on any atom is 0.251 e. The summed E-state index contributed by atoms with van der Waals surface area (Å²) in [7, 11) is 2.03. The van der Waals surface area contributed by atoms with Crippen LogP contribution >= 0.6 is 0 Å². The second-order valence-electron chi connectivity index (χ2n) is 7.13. The van der Waals surface area contributed by atoms with E-state index in [4.69, 9.17) is 0 Å². The fraction of sp³-hybridized carbons (Fsp3) is 0.318. The van der Waals surface area contributed by atoms with Gasteiger partial charge in [-0.25, -0.2) is 0 Å². The van der Waals surface area contributed by atoms with Crippen LogP contribution in [0.2, 0.25) is 0 Å². The lowest BCUT2D eigenvalue weighted by molar-refractivity contribution is 0.0940. The second-order valence-corrected chi connectivity index (χ2v) is 7.13. The minimum atomic E-state index is -0.0406. The zero-order valence-electron chi connectivity index (χ0n) is 15.6.